The second-order valence-corrected chi connectivity index (χ2v) is 5.28. The highest BCUT2D eigenvalue weighted by molar-refractivity contribution is 7.09. The molecule has 2 aromatic rings. The third kappa shape index (κ3) is 2.61. The Morgan fingerprint density at radius 3 is 2.71 bits per heavy atom. The monoisotopic (exact) mass is 248 g/mol. The average Bonchev–Trinajstić information content (AvgIpc) is 2.77. The van der Waals surface area contributed by atoms with E-state index in [2.05, 4.69) is 28.8 Å². The highest BCUT2D eigenvalue weighted by Crippen LogP contribution is 2.20. The molecular formula is C12H16N4S. The maximum absolute atomic E-state index is 5.92. The number of nitrogens with zero attached hydrogens (tertiary/aromatic N) is 3. The van der Waals surface area contributed by atoms with E-state index in [1.54, 1.807) is 11.3 Å². The Morgan fingerprint density at radius 1 is 1.35 bits per heavy atom. The first-order valence-electron chi connectivity index (χ1n) is 5.59. The quantitative estimate of drug-likeness (QED) is 0.906. The van der Waals surface area contributed by atoms with Gasteiger partial charge in [0.05, 0.1) is 10.7 Å². The number of rotatable bonds is 3. The Bertz CT molecular complexity index is 505. The van der Waals surface area contributed by atoms with E-state index in [1.807, 2.05) is 18.5 Å². The van der Waals surface area contributed by atoms with E-state index in [0.29, 0.717) is 5.82 Å². The van der Waals surface area contributed by atoms with Crippen LogP contribution in [0, 0.1) is 6.92 Å². The van der Waals surface area contributed by atoms with E-state index in [4.69, 9.17) is 5.73 Å². The Balaban J connectivity index is 2.38. The Kier molecular flexibility index (Phi) is 3.38. The third-order valence-corrected chi connectivity index (χ3v) is 3.40. The summed E-state index contributed by atoms with van der Waals surface area (Å²) in [5.41, 5.74) is 7.87. The Hall–Kier alpha value is -1.49. The van der Waals surface area contributed by atoms with E-state index < -0.39 is 0 Å². The lowest BCUT2D eigenvalue weighted by atomic mass is 10.1. The van der Waals surface area contributed by atoms with Crippen LogP contribution in [0.4, 0.5) is 5.82 Å². The molecule has 0 radical (unpaired) electrons. The van der Waals surface area contributed by atoms with Crippen molar-refractivity contribution in [3.05, 3.63) is 33.7 Å². The lowest BCUT2D eigenvalue weighted by molar-refractivity contribution is 0.759. The summed E-state index contributed by atoms with van der Waals surface area (Å²) < 4.78 is 0. The highest BCUT2D eigenvalue weighted by Gasteiger charge is 2.12. The van der Waals surface area contributed by atoms with Crippen molar-refractivity contribution in [2.75, 3.05) is 5.73 Å². The predicted molar refractivity (Wildman–Crippen MR) is 70.2 cm³/mol. The largest absolute Gasteiger partial charge is 0.383 e. The molecule has 0 fully saturated rings. The van der Waals surface area contributed by atoms with Crippen molar-refractivity contribution in [2.24, 2.45) is 0 Å². The standard InChI is InChI=1S/C12H16N4S/c1-7(2)12-15-9(8(3)11(13)16-12)6-10-14-4-5-17-10/h4-5,7H,6H2,1-3H3,(H2,13,15,16). The molecular weight excluding hydrogens is 232 g/mol. The number of nitrogens with two attached hydrogens (primary N) is 1. The van der Waals surface area contributed by atoms with Crippen LogP contribution in [0.1, 0.15) is 41.9 Å². The minimum absolute atomic E-state index is 0.285. The van der Waals surface area contributed by atoms with Gasteiger partial charge in [-0.3, -0.25) is 0 Å². The molecule has 5 heteroatoms. The molecule has 0 unspecified atom stereocenters. The fourth-order valence-corrected chi connectivity index (χ4v) is 2.14. The fourth-order valence-electron chi connectivity index (χ4n) is 1.52. The van der Waals surface area contributed by atoms with Crippen molar-refractivity contribution < 1.29 is 0 Å². The van der Waals surface area contributed by atoms with Crippen molar-refractivity contribution >= 4 is 17.2 Å². The Labute approximate surface area is 105 Å². The zero-order valence-electron chi connectivity index (χ0n) is 10.3. The van der Waals surface area contributed by atoms with Crippen LogP contribution in [-0.4, -0.2) is 15.0 Å². The van der Waals surface area contributed by atoms with E-state index >= 15 is 0 Å². The van der Waals surface area contributed by atoms with E-state index in [1.165, 1.54) is 0 Å². The summed E-state index contributed by atoms with van der Waals surface area (Å²) in [4.78, 5) is 13.2. The van der Waals surface area contributed by atoms with Crippen LogP contribution in [0.2, 0.25) is 0 Å². The lowest BCUT2D eigenvalue weighted by Crippen LogP contribution is -2.08. The van der Waals surface area contributed by atoms with Crippen molar-refractivity contribution in [1.29, 1.82) is 0 Å². The molecule has 0 bridgehead atoms. The van der Waals surface area contributed by atoms with Crippen molar-refractivity contribution in [3.8, 4) is 0 Å². The normalized spacial score (nSPS) is 11.1. The first-order valence-corrected chi connectivity index (χ1v) is 6.47. The van der Waals surface area contributed by atoms with E-state index in [-0.39, 0.29) is 5.92 Å². The molecule has 0 aliphatic heterocycles. The molecule has 2 rings (SSSR count). The van der Waals surface area contributed by atoms with Gasteiger partial charge in [0.1, 0.15) is 11.6 Å². The van der Waals surface area contributed by atoms with E-state index in [9.17, 15) is 0 Å². The zero-order valence-corrected chi connectivity index (χ0v) is 11.1. The van der Waals surface area contributed by atoms with Crippen molar-refractivity contribution in [3.63, 3.8) is 0 Å². The summed E-state index contributed by atoms with van der Waals surface area (Å²) in [6.07, 6.45) is 2.54. The molecule has 17 heavy (non-hydrogen) atoms. The smallest absolute Gasteiger partial charge is 0.133 e. The SMILES string of the molecule is Cc1c(N)nc(C(C)C)nc1Cc1nccs1. The number of thiazole rings is 1. The first kappa shape index (κ1) is 12.0. The highest BCUT2D eigenvalue weighted by atomic mass is 32.1. The molecule has 0 aliphatic rings. The van der Waals surface area contributed by atoms with Gasteiger partial charge < -0.3 is 5.73 Å². The number of hydrogen-bond donors (Lipinski definition) is 1. The summed E-state index contributed by atoms with van der Waals surface area (Å²) in [5.74, 6) is 1.67. The topological polar surface area (TPSA) is 64.7 Å². The van der Waals surface area contributed by atoms with E-state index in [0.717, 1.165) is 28.5 Å². The molecule has 0 atom stereocenters. The fraction of sp³-hybridized carbons (Fsp3) is 0.417. The van der Waals surface area contributed by atoms with Crippen LogP contribution in [0.5, 0.6) is 0 Å². The third-order valence-electron chi connectivity index (χ3n) is 2.62. The molecule has 4 nitrogen and oxygen atoms in total. The van der Waals surface area contributed by atoms with Gasteiger partial charge in [0, 0.05) is 29.5 Å². The molecule has 0 spiro atoms. The van der Waals surface area contributed by atoms with Gasteiger partial charge in [-0.1, -0.05) is 13.8 Å². The molecule has 0 saturated heterocycles. The average molecular weight is 248 g/mol. The van der Waals surface area contributed by atoms with Crippen LogP contribution in [0.25, 0.3) is 0 Å². The molecule has 0 aliphatic carbocycles. The maximum atomic E-state index is 5.92. The van der Waals surface area contributed by atoms with Gasteiger partial charge in [-0.2, -0.15) is 0 Å². The second kappa shape index (κ2) is 4.79. The molecule has 2 aromatic heterocycles. The number of hydrogen-bond acceptors (Lipinski definition) is 5. The van der Waals surface area contributed by atoms with Crippen LogP contribution in [-0.2, 0) is 6.42 Å². The van der Waals surface area contributed by atoms with Gasteiger partial charge in [-0.05, 0) is 6.92 Å². The van der Waals surface area contributed by atoms with Crippen molar-refractivity contribution in [2.45, 2.75) is 33.1 Å². The minimum Gasteiger partial charge on any atom is -0.383 e. The molecule has 90 valence electrons. The maximum Gasteiger partial charge on any atom is 0.133 e. The summed E-state index contributed by atoms with van der Waals surface area (Å²) in [6, 6.07) is 0. The summed E-state index contributed by atoms with van der Waals surface area (Å²) >= 11 is 1.63. The number of aromatic nitrogens is 3. The summed E-state index contributed by atoms with van der Waals surface area (Å²) in [5, 5.41) is 3.03. The van der Waals surface area contributed by atoms with Crippen LogP contribution < -0.4 is 5.73 Å². The number of nitrogen functional groups attached to an aromatic ring is 1. The van der Waals surface area contributed by atoms with Crippen molar-refractivity contribution in [1.82, 2.24) is 15.0 Å². The van der Waals surface area contributed by atoms with Gasteiger partial charge >= 0.3 is 0 Å². The van der Waals surface area contributed by atoms with Gasteiger partial charge in [0.25, 0.3) is 0 Å². The van der Waals surface area contributed by atoms with Gasteiger partial charge in [0.15, 0.2) is 0 Å². The zero-order chi connectivity index (χ0) is 12.4. The van der Waals surface area contributed by atoms with Crippen LogP contribution in [0.3, 0.4) is 0 Å². The van der Waals surface area contributed by atoms with Gasteiger partial charge in [-0.15, -0.1) is 11.3 Å². The number of anilines is 1. The van der Waals surface area contributed by atoms with Crippen LogP contribution in [0.15, 0.2) is 11.6 Å². The molecule has 2 heterocycles. The Morgan fingerprint density at radius 2 is 2.12 bits per heavy atom. The summed E-state index contributed by atoms with van der Waals surface area (Å²) in [6.45, 7) is 6.09. The van der Waals surface area contributed by atoms with Crippen LogP contribution >= 0.6 is 11.3 Å². The molecule has 0 aromatic carbocycles. The second-order valence-electron chi connectivity index (χ2n) is 4.30. The summed E-state index contributed by atoms with van der Waals surface area (Å²) in [7, 11) is 0. The lowest BCUT2D eigenvalue weighted by Gasteiger charge is -2.10. The van der Waals surface area contributed by atoms with Gasteiger partial charge in [-0.25, -0.2) is 15.0 Å². The molecule has 0 saturated carbocycles. The minimum atomic E-state index is 0.285. The first-order chi connectivity index (χ1) is 8.08. The predicted octanol–water partition coefficient (Wildman–Crippen LogP) is 2.54. The van der Waals surface area contributed by atoms with Gasteiger partial charge in [0.2, 0.25) is 0 Å². The molecule has 0 amide bonds. The molecule has 2 N–H and O–H groups in total.